The first-order valence-corrected chi connectivity index (χ1v) is 7.17. The molecule has 0 amide bonds. The first kappa shape index (κ1) is 12.0. The van der Waals surface area contributed by atoms with E-state index in [1.807, 2.05) is 6.20 Å². The summed E-state index contributed by atoms with van der Waals surface area (Å²) in [7, 11) is 1.76. The summed E-state index contributed by atoms with van der Waals surface area (Å²) in [5, 5.41) is 8.30. The van der Waals surface area contributed by atoms with E-state index in [0.29, 0.717) is 0 Å². The van der Waals surface area contributed by atoms with E-state index in [1.165, 1.54) is 31.4 Å². The van der Waals surface area contributed by atoms with E-state index >= 15 is 0 Å². The second-order valence-electron chi connectivity index (χ2n) is 5.56. The molecule has 1 N–H and O–H groups in total. The molecule has 0 radical (unpaired) electrons. The molecule has 2 heterocycles. The Morgan fingerprint density at radius 3 is 2.94 bits per heavy atom. The van der Waals surface area contributed by atoms with Crippen LogP contribution in [0, 0.1) is 5.92 Å². The number of nitrogens with zero attached hydrogens (tertiary/aromatic N) is 2. The molecule has 1 unspecified atom stereocenters. The molecule has 1 aromatic heterocycles. The molecule has 2 aliphatic rings. The van der Waals surface area contributed by atoms with Gasteiger partial charge in [0.15, 0.2) is 5.75 Å². The van der Waals surface area contributed by atoms with Gasteiger partial charge in [-0.1, -0.05) is 6.92 Å². The molecule has 4 nitrogen and oxygen atoms in total. The van der Waals surface area contributed by atoms with Gasteiger partial charge in [0.2, 0.25) is 0 Å². The fraction of sp³-hybridized carbons (Fsp3) is 0.786. The minimum atomic E-state index is 0.136. The third-order valence-corrected chi connectivity index (χ3v) is 4.35. The zero-order valence-corrected chi connectivity index (χ0v) is 11.4. The van der Waals surface area contributed by atoms with Gasteiger partial charge in [-0.15, -0.1) is 0 Å². The van der Waals surface area contributed by atoms with Gasteiger partial charge in [0.05, 0.1) is 18.8 Å². The Balaban J connectivity index is 2.04. The molecule has 1 atom stereocenters. The summed E-state index contributed by atoms with van der Waals surface area (Å²) < 4.78 is 7.73. The first-order valence-electron chi connectivity index (χ1n) is 7.17. The Hall–Kier alpha value is -1.03. The van der Waals surface area contributed by atoms with Crippen LogP contribution in [0.2, 0.25) is 0 Å². The average Bonchev–Trinajstić information content (AvgIpc) is 2.99. The molecule has 0 spiro atoms. The maximum absolute atomic E-state index is 5.56. The van der Waals surface area contributed by atoms with Crippen LogP contribution in [0.5, 0.6) is 5.75 Å². The lowest BCUT2D eigenvalue weighted by atomic mass is 9.87. The third-order valence-electron chi connectivity index (χ3n) is 4.35. The van der Waals surface area contributed by atoms with Crippen LogP contribution in [0.1, 0.15) is 44.7 Å². The van der Waals surface area contributed by atoms with Gasteiger partial charge in [0.25, 0.3) is 0 Å². The predicted molar refractivity (Wildman–Crippen MR) is 70.7 cm³/mol. The fourth-order valence-corrected chi connectivity index (χ4v) is 3.44. The highest BCUT2D eigenvalue weighted by Gasteiger charge is 2.51. The van der Waals surface area contributed by atoms with Crippen LogP contribution in [0.15, 0.2) is 6.20 Å². The Labute approximate surface area is 109 Å². The van der Waals surface area contributed by atoms with Crippen LogP contribution in [-0.2, 0) is 12.1 Å². The molecule has 4 heteroatoms. The Kier molecular flexibility index (Phi) is 3.06. The van der Waals surface area contributed by atoms with Gasteiger partial charge >= 0.3 is 0 Å². The van der Waals surface area contributed by atoms with E-state index in [0.717, 1.165) is 31.2 Å². The van der Waals surface area contributed by atoms with Gasteiger partial charge in [-0.25, -0.2) is 0 Å². The minimum absolute atomic E-state index is 0.136. The van der Waals surface area contributed by atoms with Crippen molar-refractivity contribution < 1.29 is 4.74 Å². The number of rotatable bonds is 5. The second-order valence-corrected chi connectivity index (χ2v) is 5.56. The summed E-state index contributed by atoms with van der Waals surface area (Å²) in [5.41, 5.74) is 1.43. The lowest BCUT2D eigenvalue weighted by Crippen LogP contribution is -2.41. The normalized spacial score (nSPS) is 27.7. The molecule has 1 aliphatic carbocycles. The molecule has 1 saturated carbocycles. The molecule has 18 heavy (non-hydrogen) atoms. The molecule has 0 bridgehead atoms. The monoisotopic (exact) mass is 249 g/mol. The van der Waals surface area contributed by atoms with Crippen LogP contribution in [-0.4, -0.2) is 23.4 Å². The number of aromatic nitrogens is 2. The standard InChI is InChI=1S/C14H23N3O/c1-3-9-17-13(12(18-2)10-16-17)14(11-5-6-11)7-4-8-15-14/h10-11,15H,3-9H2,1-2H3. The lowest BCUT2D eigenvalue weighted by molar-refractivity contribution is 0.288. The zero-order valence-electron chi connectivity index (χ0n) is 11.4. The molecule has 0 aromatic carbocycles. The highest BCUT2D eigenvalue weighted by Crippen LogP contribution is 2.52. The van der Waals surface area contributed by atoms with Gasteiger partial charge < -0.3 is 10.1 Å². The van der Waals surface area contributed by atoms with Crippen molar-refractivity contribution in [2.24, 2.45) is 5.92 Å². The number of hydrogen-bond acceptors (Lipinski definition) is 3. The van der Waals surface area contributed by atoms with Crippen molar-refractivity contribution in [1.82, 2.24) is 15.1 Å². The maximum Gasteiger partial charge on any atom is 0.161 e. The maximum atomic E-state index is 5.56. The molecule has 1 saturated heterocycles. The summed E-state index contributed by atoms with van der Waals surface area (Å²) >= 11 is 0. The van der Waals surface area contributed by atoms with E-state index in [2.05, 4.69) is 22.0 Å². The third kappa shape index (κ3) is 1.74. The molecule has 1 aromatic rings. The van der Waals surface area contributed by atoms with Crippen molar-refractivity contribution in [3.8, 4) is 5.75 Å². The van der Waals surface area contributed by atoms with E-state index in [-0.39, 0.29) is 5.54 Å². The molecule has 100 valence electrons. The van der Waals surface area contributed by atoms with Gasteiger partial charge in [-0.3, -0.25) is 4.68 Å². The SMILES string of the molecule is CCCn1ncc(OC)c1C1(C2CC2)CCCN1. The fourth-order valence-electron chi connectivity index (χ4n) is 3.44. The molecule has 1 aliphatic heterocycles. The van der Waals surface area contributed by atoms with Gasteiger partial charge in [0, 0.05) is 6.54 Å². The first-order chi connectivity index (χ1) is 8.81. The van der Waals surface area contributed by atoms with Crippen molar-refractivity contribution in [1.29, 1.82) is 0 Å². The quantitative estimate of drug-likeness (QED) is 0.870. The van der Waals surface area contributed by atoms with Gasteiger partial charge in [-0.2, -0.15) is 5.10 Å². The summed E-state index contributed by atoms with van der Waals surface area (Å²) in [5.74, 6) is 1.74. The number of aryl methyl sites for hydroxylation is 1. The van der Waals surface area contributed by atoms with E-state index in [1.54, 1.807) is 7.11 Å². The lowest BCUT2D eigenvalue weighted by Gasteiger charge is -2.31. The number of nitrogens with one attached hydrogen (secondary N) is 1. The number of hydrogen-bond donors (Lipinski definition) is 1. The van der Waals surface area contributed by atoms with Crippen LogP contribution < -0.4 is 10.1 Å². The van der Waals surface area contributed by atoms with E-state index in [9.17, 15) is 0 Å². The molecular weight excluding hydrogens is 226 g/mol. The predicted octanol–water partition coefficient (Wildman–Crippen LogP) is 2.29. The molecular formula is C14H23N3O. The highest BCUT2D eigenvalue weighted by atomic mass is 16.5. The number of ether oxygens (including phenoxy) is 1. The van der Waals surface area contributed by atoms with Crippen molar-refractivity contribution >= 4 is 0 Å². The van der Waals surface area contributed by atoms with Crippen LogP contribution in [0.4, 0.5) is 0 Å². The Bertz CT molecular complexity index is 417. The smallest absolute Gasteiger partial charge is 0.161 e. The number of methoxy groups -OCH3 is 1. The highest BCUT2D eigenvalue weighted by molar-refractivity contribution is 5.35. The molecule has 2 fully saturated rings. The summed E-state index contributed by atoms with van der Waals surface area (Å²) in [4.78, 5) is 0. The Morgan fingerprint density at radius 2 is 2.39 bits per heavy atom. The van der Waals surface area contributed by atoms with Gasteiger partial charge in [-0.05, 0) is 44.6 Å². The van der Waals surface area contributed by atoms with Crippen molar-refractivity contribution in [3.05, 3.63) is 11.9 Å². The average molecular weight is 249 g/mol. The second kappa shape index (κ2) is 4.57. The summed E-state index contributed by atoms with van der Waals surface area (Å²) in [6.45, 7) is 4.30. The van der Waals surface area contributed by atoms with Crippen LogP contribution in [0.3, 0.4) is 0 Å². The summed E-state index contributed by atoms with van der Waals surface area (Å²) in [6.07, 6.45) is 8.16. The van der Waals surface area contributed by atoms with Crippen molar-refractivity contribution in [2.75, 3.05) is 13.7 Å². The topological polar surface area (TPSA) is 39.1 Å². The van der Waals surface area contributed by atoms with Crippen LogP contribution >= 0.6 is 0 Å². The van der Waals surface area contributed by atoms with Crippen molar-refractivity contribution in [3.63, 3.8) is 0 Å². The van der Waals surface area contributed by atoms with E-state index in [4.69, 9.17) is 4.74 Å². The summed E-state index contributed by atoms with van der Waals surface area (Å²) in [6, 6.07) is 0. The van der Waals surface area contributed by atoms with Gasteiger partial charge in [0.1, 0.15) is 5.69 Å². The largest absolute Gasteiger partial charge is 0.493 e. The minimum Gasteiger partial charge on any atom is -0.493 e. The zero-order chi connectivity index (χ0) is 12.6. The van der Waals surface area contributed by atoms with Crippen LogP contribution in [0.25, 0.3) is 0 Å². The molecule has 3 rings (SSSR count). The van der Waals surface area contributed by atoms with Crippen molar-refractivity contribution in [2.45, 2.75) is 51.1 Å². The van der Waals surface area contributed by atoms with E-state index < -0.39 is 0 Å². The Morgan fingerprint density at radius 1 is 1.56 bits per heavy atom.